The van der Waals surface area contributed by atoms with Crippen molar-refractivity contribution in [2.45, 2.75) is 17.5 Å². The minimum Gasteiger partial charge on any atom is -0.431 e. The largest absolute Gasteiger partial charge is 0.431 e. The highest BCUT2D eigenvalue weighted by Crippen LogP contribution is 2.25. The van der Waals surface area contributed by atoms with Crippen LogP contribution < -0.4 is 0 Å². The molecule has 0 aliphatic heterocycles. The highest BCUT2D eigenvalue weighted by Gasteiger charge is 2.09. The maximum atomic E-state index is 5.74. The van der Waals surface area contributed by atoms with Crippen molar-refractivity contribution in [3.05, 3.63) is 78.4 Å². The van der Waals surface area contributed by atoms with E-state index >= 15 is 0 Å². The van der Waals surface area contributed by atoms with Gasteiger partial charge in [0.2, 0.25) is 0 Å². The summed E-state index contributed by atoms with van der Waals surface area (Å²) in [6.45, 7) is 0.824. The summed E-state index contributed by atoms with van der Waals surface area (Å²) in [5.74, 6) is 1.74. The number of aromatic nitrogens is 3. The van der Waals surface area contributed by atoms with Gasteiger partial charge in [0.15, 0.2) is 5.58 Å². The van der Waals surface area contributed by atoms with E-state index in [1.54, 1.807) is 11.8 Å². The molecule has 114 valence electrons. The van der Waals surface area contributed by atoms with Crippen LogP contribution in [0.1, 0.15) is 11.4 Å². The molecule has 0 unspecified atom stereocenters. The maximum absolute atomic E-state index is 5.74. The molecule has 0 amide bonds. The molecule has 0 radical (unpaired) electrons. The van der Waals surface area contributed by atoms with Crippen molar-refractivity contribution >= 4 is 22.9 Å². The molecule has 2 heterocycles. The monoisotopic (exact) mass is 321 g/mol. The topological polar surface area (TPSA) is 43.9 Å². The second-order valence-electron chi connectivity index (χ2n) is 5.19. The van der Waals surface area contributed by atoms with Crippen molar-refractivity contribution in [1.29, 1.82) is 0 Å². The number of nitrogens with zero attached hydrogens (tertiary/aromatic N) is 3. The Bertz CT molecular complexity index is 881. The van der Waals surface area contributed by atoms with Gasteiger partial charge in [-0.1, -0.05) is 54.2 Å². The van der Waals surface area contributed by atoms with Crippen molar-refractivity contribution in [2.75, 3.05) is 0 Å². The van der Waals surface area contributed by atoms with E-state index in [0.29, 0.717) is 5.22 Å². The van der Waals surface area contributed by atoms with Gasteiger partial charge in [-0.15, -0.1) is 0 Å². The van der Waals surface area contributed by atoms with Crippen LogP contribution in [-0.4, -0.2) is 14.5 Å². The lowest BCUT2D eigenvalue weighted by Crippen LogP contribution is -2.03. The molecule has 0 fully saturated rings. The molecule has 0 N–H and O–H groups in total. The Labute approximate surface area is 138 Å². The van der Waals surface area contributed by atoms with Crippen LogP contribution in [0.5, 0.6) is 0 Å². The summed E-state index contributed by atoms with van der Waals surface area (Å²) in [7, 11) is 0. The smallest absolute Gasteiger partial charge is 0.257 e. The first-order valence-electron chi connectivity index (χ1n) is 7.41. The van der Waals surface area contributed by atoms with E-state index in [1.165, 1.54) is 5.56 Å². The Morgan fingerprint density at radius 1 is 1.00 bits per heavy atom. The normalized spacial score (nSPS) is 11.1. The van der Waals surface area contributed by atoms with Gasteiger partial charge in [0.1, 0.15) is 11.3 Å². The lowest BCUT2D eigenvalue weighted by atomic mass is 10.2. The molecular weight excluding hydrogens is 306 g/mol. The predicted octanol–water partition coefficient (Wildman–Crippen LogP) is 4.36. The fraction of sp³-hybridized carbons (Fsp3) is 0.111. The summed E-state index contributed by atoms with van der Waals surface area (Å²) in [4.78, 5) is 8.94. The Morgan fingerprint density at radius 3 is 2.70 bits per heavy atom. The average molecular weight is 321 g/mol. The van der Waals surface area contributed by atoms with Crippen molar-refractivity contribution in [3.63, 3.8) is 0 Å². The molecule has 5 heteroatoms. The number of hydrogen-bond donors (Lipinski definition) is 0. The average Bonchev–Trinajstić information content (AvgIpc) is 3.20. The van der Waals surface area contributed by atoms with Gasteiger partial charge in [-0.05, 0) is 17.7 Å². The van der Waals surface area contributed by atoms with E-state index < -0.39 is 0 Å². The van der Waals surface area contributed by atoms with Crippen LogP contribution in [0.15, 0.2) is 76.6 Å². The van der Waals surface area contributed by atoms with Gasteiger partial charge in [-0.3, -0.25) is 0 Å². The molecule has 0 bridgehead atoms. The number of benzene rings is 2. The zero-order valence-electron chi connectivity index (χ0n) is 12.4. The minimum atomic E-state index is 0.681. The molecule has 0 aliphatic carbocycles. The maximum Gasteiger partial charge on any atom is 0.257 e. The third-order valence-electron chi connectivity index (χ3n) is 3.60. The summed E-state index contributed by atoms with van der Waals surface area (Å²) in [5.41, 5.74) is 2.98. The highest BCUT2D eigenvalue weighted by molar-refractivity contribution is 7.98. The molecule has 4 nitrogen and oxygen atoms in total. The molecule has 0 saturated heterocycles. The fourth-order valence-corrected chi connectivity index (χ4v) is 3.25. The van der Waals surface area contributed by atoms with Gasteiger partial charge >= 0.3 is 0 Å². The fourth-order valence-electron chi connectivity index (χ4n) is 2.44. The number of hydrogen-bond acceptors (Lipinski definition) is 4. The van der Waals surface area contributed by atoms with Gasteiger partial charge in [0.25, 0.3) is 5.22 Å². The van der Waals surface area contributed by atoms with Gasteiger partial charge in [-0.25, -0.2) is 9.97 Å². The molecule has 0 saturated carbocycles. The summed E-state index contributed by atoms with van der Waals surface area (Å²) < 4.78 is 7.90. The van der Waals surface area contributed by atoms with Crippen LogP contribution in [0.3, 0.4) is 0 Å². The Kier molecular flexibility index (Phi) is 3.86. The molecule has 4 rings (SSSR count). The molecule has 4 aromatic rings. The number of imidazole rings is 1. The molecule has 2 aromatic heterocycles. The first-order chi connectivity index (χ1) is 11.4. The Balaban J connectivity index is 1.48. The number of thioether (sulfide) groups is 1. The quantitative estimate of drug-likeness (QED) is 0.512. The van der Waals surface area contributed by atoms with E-state index in [0.717, 1.165) is 29.2 Å². The molecule has 0 aliphatic rings. The van der Waals surface area contributed by atoms with E-state index in [2.05, 4.69) is 38.8 Å². The number of oxazole rings is 1. The van der Waals surface area contributed by atoms with E-state index in [1.807, 2.05) is 42.7 Å². The van der Waals surface area contributed by atoms with Crippen molar-refractivity contribution in [2.24, 2.45) is 0 Å². The van der Waals surface area contributed by atoms with Crippen LogP contribution in [0.4, 0.5) is 0 Å². The molecular formula is C18H15N3OS. The van der Waals surface area contributed by atoms with Gasteiger partial charge in [0, 0.05) is 18.9 Å². The number of para-hydroxylation sites is 2. The first-order valence-corrected chi connectivity index (χ1v) is 8.39. The van der Waals surface area contributed by atoms with Crippen molar-refractivity contribution in [3.8, 4) is 0 Å². The lowest BCUT2D eigenvalue weighted by Gasteiger charge is -2.06. The number of fused-ring (bicyclic) bond motifs is 1. The third-order valence-corrected chi connectivity index (χ3v) is 4.42. The molecule has 0 spiro atoms. The number of rotatable bonds is 5. The second-order valence-corrected chi connectivity index (χ2v) is 6.12. The zero-order chi connectivity index (χ0) is 15.5. The van der Waals surface area contributed by atoms with E-state index in [-0.39, 0.29) is 0 Å². The zero-order valence-corrected chi connectivity index (χ0v) is 13.2. The van der Waals surface area contributed by atoms with Gasteiger partial charge in [-0.2, -0.15) is 0 Å². The van der Waals surface area contributed by atoms with Gasteiger partial charge in [0.05, 0.1) is 5.75 Å². The van der Waals surface area contributed by atoms with Crippen LogP contribution >= 0.6 is 11.8 Å². The second kappa shape index (κ2) is 6.30. The Hall–Kier alpha value is -2.53. The lowest BCUT2D eigenvalue weighted by molar-refractivity contribution is 0.489. The van der Waals surface area contributed by atoms with Crippen LogP contribution in [-0.2, 0) is 12.3 Å². The van der Waals surface area contributed by atoms with Crippen LogP contribution in [0.25, 0.3) is 11.1 Å². The predicted molar refractivity (Wildman–Crippen MR) is 91.3 cm³/mol. The third kappa shape index (κ3) is 3.14. The summed E-state index contributed by atoms with van der Waals surface area (Å²) in [6, 6.07) is 18.2. The van der Waals surface area contributed by atoms with Crippen LogP contribution in [0.2, 0.25) is 0 Å². The van der Waals surface area contributed by atoms with Gasteiger partial charge < -0.3 is 8.98 Å². The first kappa shape index (κ1) is 14.1. The Morgan fingerprint density at radius 2 is 1.83 bits per heavy atom. The van der Waals surface area contributed by atoms with Crippen molar-refractivity contribution < 1.29 is 4.42 Å². The van der Waals surface area contributed by atoms with Crippen molar-refractivity contribution in [1.82, 2.24) is 14.5 Å². The molecule has 0 atom stereocenters. The SMILES string of the molecule is c1ccc(Cn2ccnc2CSc2nc3ccccc3o2)cc1. The molecule has 23 heavy (non-hydrogen) atoms. The van der Waals surface area contributed by atoms with E-state index in [9.17, 15) is 0 Å². The summed E-state index contributed by atoms with van der Waals surface area (Å²) >= 11 is 1.57. The summed E-state index contributed by atoms with van der Waals surface area (Å²) in [5, 5.41) is 0.681. The standard InChI is InChI=1S/C18H15N3OS/c1-2-6-14(7-3-1)12-21-11-10-19-17(21)13-23-18-20-15-8-4-5-9-16(15)22-18/h1-11H,12-13H2. The van der Waals surface area contributed by atoms with Crippen LogP contribution in [0, 0.1) is 0 Å². The molecule has 2 aromatic carbocycles. The highest BCUT2D eigenvalue weighted by atomic mass is 32.2. The summed E-state index contributed by atoms with van der Waals surface area (Å²) in [6.07, 6.45) is 3.85. The minimum absolute atomic E-state index is 0.681. The van der Waals surface area contributed by atoms with E-state index in [4.69, 9.17) is 4.42 Å².